The highest BCUT2D eigenvalue weighted by molar-refractivity contribution is 5.69. The first kappa shape index (κ1) is 27.9. The average molecular weight is 431 g/mol. The number of rotatable bonds is 17. The molecule has 0 amide bonds. The molecule has 0 saturated carbocycles. The lowest BCUT2D eigenvalue weighted by Crippen LogP contribution is -2.29. The van der Waals surface area contributed by atoms with Crippen LogP contribution in [-0.2, 0) is 38.1 Å². The molecule has 0 bridgehead atoms. The standard InChI is InChI=1S/C22H38O8/c1-17(29-19(3)24)13-11-9-7-5-6-8-10-12-14-22(26)28-16-21(30-20(4)25)15-27-18(2)23/h17,21H,5-16H2,1-4H3. The van der Waals surface area contributed by atoms with Gasteiger partial charge in [0.2, 0.25) is 0 Å². The van der Waals surface area contributed by atoms with Gasteiger partial charge in [0.25, 0.3) is 0 Å². The maximum atomic E-state index is 11.8. The lowest BCUT2D eigenvalue weighted by molar-refractivity contribution is -0.164. The summed E-state index contributed by atoms with van der Waals surface area (Å²) in [7, 11) is 0. The van der Waals surface area contributed by atoms with Crippen molar-refractivity contribution in [2.75, 3.05) is 13.2 Å². The number of hydrogen-bond donors (Lipinski definition) is 0. The van der Waals surface area contributed by atoms with E-state index in [1.165, 1.54) is 20.8 Å². The molecule has 0 aliphatic heterocycles. The van der Waals surface area contributed by atoms with Crippen molar-refractivity contribution in [3.8, 4) is 0 Å². The highest BCUT2D eigenvalue weighted by Gasteiger charge is 2.16. The van der Waals surface area contributed by atoms with Crippen LogP contribution in [0, 0.1) is 0 Å². The summed E-state index contributed by atoms with van der Waals surface area (Å²) < 4.78 is 20.0. The first-order valence-corrected chi connectivity index (χ1v) is 10.8. The van der Waals surface area contributed by atoms with Crippen molar-refractivity contribution < 1.29 is 38.1 Å². The molecule has 0 spiro atoms. The molecule has 2 atom stereocenters. The van der Waals surface area contributed by atoms with Gasteiger partial charge in [0, 0.05) is 27.2 Å². The van der Waals surface area contributed by atoms with Gasteiger partial charge in [-0.15, -0.1) is 0 Å². The van der Waals surface area contributed by atoms with E-state index in [0.29, 0.717) is 6.42 Å². The summed E-state index contributed by atoms with van der Waals surface area (Å²) in [5, 5.41) is 0. The second-order valence-electron chi connectivity index (χ2n) is 7.50. The molecule has 0 aliphatic carbocycles. The first-order chi connectivity index (χ1) is 14.2. The van der Waals surface area contributed by atoms with Gasteiger partial charge in [-0.2, -0.15) is 0 Å². The molecule has 0 aromatic heterocycles. The van der Waals surface area contributed by atoms with Gasteiger partial charge in [-0.25, -0.2) is 0 Å². The molecule has 0 heterocycles. The van der Waals surface area contributed by atoms with Crippen molar-refractivity contribution >= 4 is 23.9 Å². The lowest BCUT2D eigenvalue weighted by atomic mass is 10.1. The maximum absolute atomic E-state index is 11.8. The minimum atomic E-state index is -0.785. The Kier molecular flexibility index (Phi) is 16.5. The molecule has 0 aromatic carbocycles. The first-order valence-electron chi connectivity index (χ1n) is 10.8. The Balaban J connectivity index is 3.64. The minimum absolute atomic E-state index is 0.00628. The van der Waals surface area contributed by atoms with Crippen LogP contribution in [0.15, 0.2) is 0 Å². The quantitative estimate of drug-likeness (QED) is 0.194. The maximum Gasteiger partial charge on any atom is 0.305 e. The third-order valence-corrected chi connectivity index (χ3v) is 4.34. The number of esters is 4. The van der Waals surface area contributed by atoms with Crippen LogP contribution in [0.1, 0.15) is 91.9 Å². The zero-order valence-electron chi connectivity index (χ0n) is 18.9. The normalized spacial score (nSPS) is 12.5. The summed E-state index contributed by atoms with van der Waals surface area (Å²) >= 11 is 0. The Hall–Kier alpha value is -2.12. The highest BCUT2D eigenvalue weighted by atomic mass is 16.6. The van der Waals surface area contributed by atoms with Gasteiger partial charge >= 0.3 is 23.9 Å². The molecule has 0 aromatic rings. The van der Waals surface area contributed by atoms with Crippen molar-refractivity contribution in [1.29, 1.82) is 0 Å². The van der Waals surface area contributed by atoms with Crippen LogP contribution in [0.2, 0.25) is 0 Å². The highest BCUT2D eigenvalue weighted by Crippen LogP contribution is 2.12. The van der Waals surface area contributed by atoms with Gasteiger partial charge in [0.05, 0.1) is 6.10 Å². The second-order valence-corrected chi connectivity index (χ2v) is 7.50. The van der Waals surface area contributed by atoms with E-state index in [1.54, 1.807) is 0 Å². The zero-order chi connectivity index (χ0) is 22.8. The van der Waals surface area contributed by atoms with Crippen LogP contribution in [-0.4, -0.2) is 49.3 Å². The fourth-order valence-corrected chi connectivity index (χ4v) is 2.92. The summed E-state index contributed by atoms with van der Waals surface area (Å²) in [5.74, 6) is -1.59. The summed E-state index contributed by atoms with van der Waals surface area (Å²) in [6.45, 7) is 5.59. The van der Waals surface area contributed by atoms with Gasteiger partial charge in [-0.3, -0.25) is 19.2 Å². The predicted molar refractivity (Wildman–Crippen MR) is 111 cm³/mol. The van der Waals surface area contributed by atoms with E-state index in [4.69, 9.17) is 18.9 Å². The van der Waals surface area contributed by atoms with Crippen LogP contribution in [0.5, 0.6) is 0 Å². The van der Waals surface area contributed by atoms with E-state index < -0.39 is 18.0 Å². The summed E-state index contributed by atoms with van der Waals surface area (Å²) in [6, 6.07) is 0. The van der Waals surface area contributed by atoms with Gasteiger partial charge in [-0.05, 0) is 26.2 Å². The van der Waals surface area contributed by atoms with Gasteiger partial charge in [0.1, 0.15) is 13.2 Å². The van der Waals surface area contributed by atoms with E-state index in [0.717, 1.165) is 57.8 Å². The Morgan fingerprint density at radius 2 is 1.13 bits per heavy atom. The van der Waals surface area contributed by atoms with Crippen LogP contribution < -0.4 is 0 Å². The average Bonchev–Trinajstić information content (AvgIpc) is 2.64. The topological polar surface area (TPSA) is 105 Å². The van der Waals surface area contributed by atoms with E-state index >= 15 is 0 Å². The van der Waals surface area contributed by atoms with Gasteiger partial charge < -0.3 is 18.9 Å². The smallest absolute Gasteiger partial charge is 0.305 e. The molecule has 0 radical (unpaired) electrons. The zero-order valence-corrected chi connectivity index (χ0v) is 18.9. The summed E-state index contributed by atoms with van der Waals surface area (Å²) in [5.41, 5.74) is 0. The molecule has 0 aliphatic rings. The van der Waals surface area contributed by atoms with Gasteiger partial charge in [0.15, 0.2) is 6.10 Å². The number of carbonyl (C=O) groups is 4. The van der Waals surface area contributed by atoms with Crippen LogP contribution >= 0.6 is 0 Å². The molecule has 0 rings (SSSR count). The number of ether oxygens (including phenoxy) is 4. The van der Waals surface area contributed by atoms with Crippen molar-refractivity contribution in [3.05, 3.63) is 0 Å². The molecule has 8 nitrogen and oxygen atoms in total. The van der Waals surface area contributed by atoms with Crippen LogP contribution in [0.25, 0.3) is 0 Å². The molecule has 30 heavy (non-hydrogen) atoms. The van der Waals surface area contributed by atoms with Crippen molar-refractivity contribution in [2.45, 2.75) is 104 Å². The molecule has 8 heteroatoms. The van der Waals surface area contributed by atoms with Crippen molar-refractivity contribution in [3.63, 3.8) is 0 Å². The number of unbranched alkanes of at least 4 members (excludes halogenated alkanes) is 7. The molecule has 174 valence electrons. The number of hydrogen-bond acceptors (Lipinski definition) is 8. The number of carbonyl (C=O) groups excluding carboxylic acids is 4. The Morgan fingerprint density at radius 1 is 0.633 bits per heavy atom. The summed E-state index contributed by atoms with van der Waals surface area (Å²) in [4.78, 5) is 44.5. The Labute approximate surface area is 180 Å². The molecule has 0 fully saturated rings. The van der Waals surface area contributed by atoms with Crippen molar-refractivity contribution in [1.82, 2.24) is 0 Å². The molecule has 2 unspecified atom stereocenters. The fourth-order valence-electron chi connectivity index (χ4n) is 2.92. The summed E-state index contributed by atoms with van der Waals surface area (Å²) in [6.07, 6.45) is 8.85. The van der Waals surface area contributed by atoms with E-state index in [1.807, 2.05) is 6.92 Å². The molecule has 0 N–H and O–H groups in total. The van der Waals surface area contributed by atoms with Crippen LogP contribution in [0.3, 0.4) is 0 Å². The van der Waals surface area contributed by atoms with E-state index in [9.17, 15) is 19.2 Å². The lowest BCUT2D eigenvalue weighted by Gasteiger charge is -2.16. The third kappa shape index (κ3) is 19.2. The Bertz CT molecular complexity index is 517. The third-order valence-electron chi connectivity index (χ3n) is 4.34. The largest absolute Gasteiger partial charge is 0.463 e. The molecular formula is C22H38O8. The van der Waals surface area contributed by atoms with Gasteiger partial charge in [-0.1, -0.05) is 38.5 Å². The second kappa shape index (κ2) is 17.7. The monoisotopic (exact) mass is 430 g/mol. The fraction of sp³-hybridized carbons (Fsp3) is 0.818. The molecule has 0 saturated heterocycles. The van der Waals surface area contributed by atoms with E-state index in [2.05, 4.69) is 0 Å². The molecular weight excluding hydrogens is 392 g/mol. The van der Waals surface area contributed by atoms with Crippen LogP contribution in [0.4, 0.5) is 0 Å². The predicted octanol–water partition coefficient (Wildman–Crippen LogP) is 3.88. The van der Waals surface area contributed by atoms with Crippen molar-refractivity contribution in [2.24, 2.45) is 0 Å². The SMILES string of the molecule is CC(=O)OCC(COC(=O)CCCCCCCCCCC(C)OC(C)=O)OC(C)=O. The van der Waals surface area contributed by atoms with E-state index in [-0.39, 0.29) is 31.3 Å². The minimum Gasteiger partial charge on any atom is -0.463 e. The Morgan fingerprint density at radius 3 is 1.67 bits per heavy atom.